The molecule has 1 aromatic carbocycles. The van der Waals surface area contributed by atoms with Gasteiger partial charge in [0.05, 0.1) is 13.0 Å². The summed E-state index contributed by atoms with van der Waals surface area (Å²) in [5.41, 5.74) is 0.656. The molecular weight excluding hydrogens is 271 g/mol. The Morgan fingerprint density at radius 3 is 3.00 bits per heavy atom. The van der Waals surface area contributed by atoms with Gasteiger partial charge in [0.2, 0.25) is 5.91 Å². The van der Waals surface area contributed by atoms with E-state index in [2.05, 4.69) is 10.2 Å². The van der Waals surface area contributed by atoms with Gasteiger partial charge in [0, 0.05) is 37.3 Å². The number of hydrogen-bond acceptors (Lipinski definition) is 3. The summed E-state index contributed by atoms with van der Waals surface area (Å²) in [6.07, 6.45) is 3.05. The summed E-state index contributed by atoms with van der Waals surface area (Å²) in [6, 6.07) is 5.16. The van der Waals surface area contributed by atoms with Gasteiger partial charge in [-0.2, -0.15) is 0 Å². The van der Waals surface area contributed by atoms with Gasteiger partial charge in [0.1, 0.15) is 11.6 Å². The number of halogens is 1. The maximum absolute atomic E-state index is 14.1. The predicted octanol–water partition coefficient (Wildman–Crippen LogP) is 1.93. The maximum Gasteiger partial charge on any atom is 0.224 e. The highest BCUT2D eigenvalue weighted by Crippen LogP contribution is 2.24. The zero-order chi connectivity index (χ0) is 14.8. The highest BCUT2D eigenvalue weighted by Gasteiger charge is 2.32. The van der Waals surface area contributed by atoms with Crippen LogP contribution in [0.4, 0.5) is 4.39 Å². The van der Waals surface area contributed by atoms with Crippen LogP contribution >= 0.6 is 0 Å². The second-order valence-electron chi connectivity index (χ2n) is 5.98. The van der Waals surface area contributed by atoms with E-state index in [0.29, 0.717) is 24.4 Å². The first-order valence-electron chi connectivity index (χ1n) is 7.51. The minimum atomic E-state index is -0.247. The van der Waals surface area contributed by atoms with E-state index in [4.69, 9.17) is 4.74 Å². The Morgan fingerprint density at radius 1 is 1.38 bits per heavy atom. The molecule has 2 saturated heterocycles. The van der Waals surface area contributed by atoms with E-state index in [9.17, 15) is 9.18 Å². The number of fused-ring (bicyclic) bond motifs is 3. The summed E-state index contributed by atoms with van der Waals surface area (Å²) in [6.45, 7) is 2.05. The van der Waals surface area contributed by atoms with Gasteiger partial charge >= 0.3 is 0 Å². The first-order chi connectivity index (χ1) is 10.2. The molecule has 1 aromatic rings. The highest BCUT2D eigenvalue weighted by atomic mass is 19.1. The Bertz CT molecular complexity index is 535. The number of methoxy groups -OCH3 is 1. The molecule has 2 atom stereocenters. The average molecular weight is 292 g/mol. The molecule has 2 fully saturated rings. The molecule has 0 radical (unpaired) electrons. The lowest BCUT2D eigenvalue weighted by Crippen LogP contribution is -2.38. The van der Waals surface area contributed by atoms with Crippen molar-refractivity contribution in [3.05, 3.63) is 29.6 Å². The van der Waals surface area contributed by atoms with Crippen molar-refractivity contribution in [2.75, 3.05) is 20.2 Å². The summed E-state index contributed by atoms with van der Waals surface area (Å²) >= 11 is 0. The summed E-state index contributed by atoms with van der Waals surface area (Å²) < 4.78 is 19.1. The quantitative estimate of drug-likeness (QED) is 0.925. The number of likely N-dealkylation sites (tertiary alicyclic amines) is 1. The van der Waals surface area contributed by atoms with E-state index in [0.717, 1.165) is 25.8 Å². The van der Waals surface area contributed by atoms with Crippen LogP contribution in [-0.2, 0) is 11.3 Å². The van der Waals surface area contributed by atoms with Crippen molar-refractivity contribution >= 4 is 5.91 Å². The lowest BCUT2D eigenvalue weighted by atomic mass is 9.99. The van der Waals surface area contributed by atoms with Gasteiger partial charge in [0.15, 0.2) is 0 Å². The molecule has 5 heteroatoms. The van der Waals surface area contributed by atoms with E-state index in [1.54, 1.807) is 12.1 Å². The largest absolute Gasteiger partial charge is 0.497 e. The van der Waals surface area contributed by atoms with E-state index in [1.165, 1.54) is 13.2 Å². The van der Waals surface area contributed by atoms with E-state index in [1.807, 2.05) is 0 Å². The highest BCUT2D eigenvalue weighted by molar-refractivity contribution is 5.79. The number of nitrogens with zero attached hydrogens (tertiary/aromatic N) is 1. The summed E-state index contributed by atoms with van der Waals surface area (Å²) in [7, 11) is 1.53. The van der Waals surface area contributed by atoms with E-state index in [-0.39, 0.29) is 23.7 Å². The van der Waals surface area contributed by atoms with Crippen molar-refractivity contribution in [1.29, 1.82) is 0 Å². The second-order valence-corrected chi connectivity index (χ2v) is 5.98. The van der Waals surface area contributed by atoms with Crippen LogP contribution in [0, 0.1) is 11.7 Å². The van der Waals surface area contributed by atoms with Crippen molar-refractivity contribution < 1.29 is 13.9 Å². The van der Waals surface area contributed by atoms with Crippen molar-refractivity contribution in [3.8, 4) is 5.75 Å². The summed E-state index contributed by atoms with van der Waals surface area (Å²) in [4.78, 5) is 14.2. The van der Waals surface area contributed by atoms with E-state index < -0.39 is 0 Å². The maximum atomic E-state index is 14.1. The molecule has 0 unspecified atom stereocenters. The third-order valence-corrected chi connectivity index (χ3v) is 4.43. The Balaban J connectivity index is 1.74. The summed E-state index contributed by atoms with van der Waals surface area (Å²) in [5, 5.41) is 3.10. The number of rotatable bonds is 3. The van der Waals surface area contributed by atoms with Crippen LogP contribution < -0.4 is 10.1 Å². The number of benzene rings is 1. The fourth-order valence-electron chi connectivity index (χ4n) is 3.30. The zero-order valence-corrected chi connectivity index (χ0v) is 12.3. The van der Waals surface area contributed by atoms with Crippen LogP contribution in [0.5, 0.6) is 5.75 Å². The molecule has 2 bridgehead atoms. The Kier molecular flexibility index (Phi) is 4.10. The van der Waals surface area contributed by atoms with Crippen molar-refractivity contribution in [2.24, 2.45) is 5.92 Å². The minimum Gasteiger partial charge on any atom is -0.497 e. The molecular formula is C16H21FN2O2. The number of ether oxygens (including phenoxy) is 1. The van der Waals surface area contributed by atoms with Crippen LogP contribution in [0.2, 0.25) is 0 Å². The van der Waals surface area contributed by atoms with Crippen LogP contribution in [0.25, 0.3) is 0 Å². The molecule has 1 amide bonds. The van der Waals surface area contributed by atoms with Crippen LogP contribution in [0.3, 0.4) is 0 Å². The normalized spacial score (nSPS) is 26.1. The van der Waals surface area contributed by atoms with Gasteiger partial charge in [-0.15, -0.1) is 0 Å². The number of carbonyl (C=O) groups excluding carboxylic acids is 1. The number of amides is 1. The Hall–Kier alpha value is -1.62. The molecule has 3 rings (SSSR count). The fraction of sp³-hybridized carbons (Fsp3) is 0.562. The van der Waals surface area contributed by atoms with Crippen LogP contribution in [0.15, 0.2) is 18.2 Å². The monoisotopic (exact) mass is 292 g/mol. The Morgan fingerprint density at radius 2 is 2.24 bits per heavy atom. The fourth-order valence-corrected chi connectivity index (χ4v) is 3.30. The first-order valence-corrected chi connectivity index (χ1v) is 7.51. The smallest absolute Gasteiger partial charge is 0.224 e. The minimum absolute atomic E-state index is 0.0406. The van der Waals surface area contributed by atoms with Gasteiger partial charge < -0.3 is 10.1 Å². The average Bonchev–Trinajstić information content (AvgIpc) is 2.69. The molecule has 0 aliphatic carbocycles. The van der Waals surface area contributed by atoms with E-state index >= 15 is 0 Å². The van der Waals surface area contributed by atoms with Gasteiger partial charge in [-0.05, 0) is 18.9 Å². The lowest BCUT2D eigenvalue weighted by Gasteiger charge is -2.27. The molecule has 2 aliphatic heterocycles. The third kappa shape index (κ3) is 3.18. The number of nitrogens with one attached hydrogen (secondary N) is 1. The molecule has 2 aliphatic rings. The van der Waals surface area contributed by atoms with Crippen LogP contribution in [-0.4, -0.2) is 37.0 Å². The standard InChI is InChI=1S/C16H21FN2O2/c1-21-14-6-5-11(15(17)7-14)8-19-9-12-3-2-4-13(10-19)18-16(12)20/h5-7,12-13H,2-4,8-10H2,1H3,(H,18,20)/t12-,13+/m1/s1. The second kappa shape index (κ2) is 6.02. The molecule has 0 saturated carbocycles. The van der Waals surface area contributed by atoms with Crippen molar-refractivity contribution in [2.45, 2.75) is 31.8 Å². The molecule has 21 heavy (non-hydrogen) atoms. The molecule has 0 spiro atoms. The predicted molar refractivity (Wildman–Crippen MR) is 77.5 cm³/mol. The Labute approximate surface area is 124 Å². The van der Waals surface area contributed by atoms with Crippen LogP contribution in [0.1, 0.15) is 24.8 Å². The molecule has 1 N–H and O–H groups in total. The summed E-state index contributed by atoms with van der Waals surface area (Å²) in [5.74, 6) is 0.484. The number of hydrogen-bond donors (Lipinski definition) is 1. The molecule has 0 aromatic heterocycles. The number of carbonyl (C=O) groups is 1. The first kappa shape index (κ1) is 14.3. The SMILES string of the molecule is COc1ccc(CN2C[C@@H]3CCC[C@H](C2)C(=O)N3)c(F)c1. The zero-order valence-electron chi connectivity index (χ0n) is 12.3. The molecule has 4 nitrogen and oxygen atoms in total. The van der Waals surface area contributed by atoms with Gasteiger partial charge in [-0.3, -0.25) is 9.69 Å². The molecule has 114 valence electrons. The van der Waals surface area contributed by atoms with Gasteiger partial charge in [0.25, 0.3) is 0 Å². The van der Waals surface area contributed by atoms with Crippen molar-refractivity contribution in [1.82, 2.24) is 10.2 Å². The lowest BCUT2D eigenvalue weighted by molar-refractivity contribution is -0.124. The molecule has 2 heterocycles. The topological polar surface area (TPSA) is 41.6 Å². The van der Waals surface area contributed by atoms with Gasteiger partial charge in [-0.1, -0.05) is 12.5 Å². The van der Waals surface area contributed by atoms with Gasteiger partial charge in [-0.25, -0.2) is 4.39 Å². The van der Waals surface area contributed by atoms with Crippen molar-refractivity contribution in [3.63, 3.8) is 0 Å². The third-order valence-electron chi connectivity index (χ3n) is 4.43.